The number of phenols is 6. The molecule has 2 atom stereocenters. The monoisotopic (exact) mass is 1550 g/mol. The van der Waals surface area contributed by atoms with E-state index in [9.17, 15) is 30.6 Å². The Balaban J connectivity index is 0.000000366. The van der Waals surface area contributed by atoms with Gasteiger partial charge in [0.25, 0.3) is 0 Å². The van der Waals surface area contributed by atoms with Gasteiger partial charge in [-0.2, -0.15) is 0 Å². The number of fused-ring (bicyclic) bond motifs is 2. The molecule has 0 saturated heterocycles. The molecule has 10 nitrogen and oxygen atoms in total. The number of rotatable bonds is 39. The molecule has 113 heavy (non-hydrogen) atoms. The maximum Gasteiger partial charge on any atom is 0.131 e. The fraction of sp³-hybridized carbons (Fsp3) is 0.515. The van der Waals surface area contributed by atoms with Crippen LogP contribution >= 0.6 is 0 Å². The third-order valence-electron chi connectivity index (χ3n) is 20.4. The van der Waals surface area contributed by atoms with Crippen LogP contribution in [0.25, 0.3) is 12.2 Å². The average molecular weight is 1550 g/mol. The van der Waals surface area contributed by atoms with E-state index in [1.54, 1.807) is 26.4 Å². The van der Waals surface area contributed by atoms with Crippen molar-refractivity contribution in [2.45, 2.75) is 336 Å². The predicted octanol–water partition coefficient (Wildman–Crippen LogP) is 29.3. The van der Waals surface area contributed by atoms with Crippen molar-refractivity contribution in [2.24, 2.45) is 0 Å². The number of phenolic OH excluding ortho intramolecular Hbond substituents is 6. The molecule has 0 bridgehead atoms. The second kappa shape index (κ2) is 53.5. The lowest BCUT2D eigenvalue weighted by Crippen LogP contribution is -2.31. The van der Waals surface area contributed by atoms with Gasteiger partial charge < -0.3 is 49.6 Å². The first kappa shape index (κ1) is 98.7. The van der Waals surface area contributed by atoms with Crippen LogP contribution in [-0.4, -0.2) is 56.1 Å². The Morgan fingerprint density at radius 3 is 0.912 bits per heavy atom. The minimum Gasteiger partial charge on any atom is -0.508 e. The number of methoxy groups -OCH3 is 2. The van der Waals surface area contributed by atoms with Gasteiger partial charge in [-0.25, -0.2) is 0 Å². The largest absolute Gasteiger partial charge is 0.508 e. The summed E-state index contributed by atoms with van der Waals surface area (Å²) in [6.45, 7) is 42.7. The summed E-state index contributed by atoms with van der Waals surface area (Å²) in [4.78, 5) is 0. The number of hydrogen-bond donors (Lipinski definition) is 6. The number of unbranched alkanes of at least 4 members (excludes halogenated alkanes) is 6. The van der Waals surface area contributed by atoms with Gasteiger partial charge in [0.2, 0.25) is 0 Å². The summed E-state index contributed by atoms with van der Waals surface area (Å²) in [7, 11) is 3.35. The lowest BCUT2D eigenvalue weighted by Gasteiger charge is -2.32. The SMILES string of the molecule is CCCCCc1cc(O)c(C/C=C(\C)CCC=C(C)C)c(O)c1.CCCCCc1cc(O)c(C/C=C(\C)CCC=C(C)C)c(OC)c1.CCCCCc1cc(O)c2c(c1)OC(C)(CCC=C(C)C)C=C2.CCCc1cc(O)c(C/C=C(\C)CCC=C(C)C)c(OC)c1.CCCc1cc(O)c2c(c1)OC(C)(CCC=C(C)C)C=C2. The smallest absolute Gasteiger partial charge is 0.131 e. The molecule has 0 amide bonds. The quantitative estimate of drug-likeness (QED) is 0.0165. The lowest BCUT2D eigenvalue weighted by atomic mass is 9.93. The first-order chi connectivity index (χ1) is 53.7. The average Bonchev–Trinajstić information content (AvgIpc) is 0.801. The standard InChI is InChI=1S/C22H34O2.C21H30O2.C21H32O2.C20H30O2.C19H26O2/c1-6-7-8-12-19-15-21(23)20(22(16-19)24-5)14-13-18(4)11-9-10-17(2)3;1-5-6-7-10-17-14-19(22)18-11-13-21(4,23-20(18)15-17)12-8-9-16(2)3;1-5-6-7-11-18-14-20(22)19(21(23)15-18)13-12-17(4)10-8-9-16(2)3;1-6-8-17-13-19(21)18(20(14-17)22-5)12-11-16(4)10-7-9-15(2)3;1-5-7-15-12-17(20)16-9-11-19(4,21-18(16)13-15)10-6-8-14(2)3/h10,13,15-16,23H,6-9,11-12,14H2,1-5H3;9,11,13-15,22H,5-8,10,12H2,1-4H3;9,12,14-15,22-23H,5-8,10-11,13H2,1-4H3;9,11,13-14,21H,6-8,10,12H2,1-5H3;8-9,11-13,20H,5-7,10H2,1-4H3/b18-13+;;17-12+;16-11+;. The van der Waals surface area contributed by atoms with Crippen LogP contribution in [0, 0.1) is 0 Å². The van der Waals surface area contributed by atoms with Crippen molar-refractivity contribution in [1.29, 1.82) is 0 Å². The van der Waals surface area contributed by atoms with Gasteiger partial charge >= 0.3 is 0 Å². The van der Waals surface area contributed by atoms with Crippen LogP contribution in [0.1, 0.15) is 329 Å². The number of aryl methyl sites for hydroxylation is 5. The fourth-order valence-corrected chi connectivity index (χ4v) is 13.5. The second-order valence-corrected chi connectivity index (χ2v) is 33.0. The van der Waals surface area contributed by atoms with Crippen molar-refractivity contribution in [3.05, 3.63) is 222 Å². The summed E-state index contributed by atoms with van der Waals surface area (Å²) in [6.07, 6.45) is 55.6. The molecular weight excluding hydrogens is 1400 g/mol. The van der Waals surface area contributed by atoms with Gasteiger partial charge in [0.1, 0.15) is 68.7 Å². The van der Waals surface area contributed by atoms with E-state index in [1.807, 2.05) is 42.5 Å². The molecule has 2 aliphatic rings. The Kier molecular flexibility index (Phi) is 46.8. The van der Waals surface area contributed by atoms with E-state index in [4.69, 9.17) is 18.9 Å². The molecule has 624 valence electrons. The molecular formula is C103H152O10. The van der Waals surface area contributed by atoms with Crippen molar-refractivity contribution in [3.8, 4) is 57.5 Å². The van der Waals surface area contributed by atoms with E-state index in [-0.39, 0.29) is 22.7 Å². The maximum absolute atomic E-state index is 10.4. The van der Waals surface area contributed by atoms with E-state index < -0.39 is 0 Å². The zero-order valence-electron chi connectivity index (χ0n) is 74.5. The molecule has 0 aliphatic carbocycles. The Bertz CT molecular complexity index is 3980. The van der Waals surface area contributed by atoms with Gasteiger partial charge in [0.15, 0.2) is 0 Å². The highest BCUT2D eigenvalue weighted by molar-refractivity contribution is 5.69. The second-order valence-electron chi connectivity index (χ2n) is 33.0. The molecule has 0 radical (unpaired) electrons. The van der Waals surface area contributed by atoms with Crippen molar-refractivity contribution < 1.29 is 49.6 Å². The Morgan fingerprint density at radius 1 is 0.327 bits per heavy atom. The van der Waals surface area contributed by atoms with Gasteiger partial charge in [-0.05, 0) is 351 Å². The van der Waals surface area contributed by atoms with Gasteiger partial charge in [-0.1, -0.05) is 179 Å². The summed E-state index contributed by atoms with van der Waals surface area (Å²) in [6, 6.07) is 19.4. The zero-order chi connectivity index (χ0) is 84.1. The molecule has 10 heteroatoms. The molecule has 0 spiro atoms. The highest BCUT2D eigenvalue weighted by Crippen LogP contribution is 2.42. The topological polar surface area (TPSA) is 158 Å². The summed E-state index contributed by atoms with van der Waals surface area (Å²) < 4.78 is 23.4. The molecule has 2 unspecified atom stereocenters. The van der Waals surface area contributed by atoms with Crippen LogP contribution in [0.5, 0.6) is 57.5 Å². The van der Waals surface area contributed by atoms with E-state index in [2.05, 4.69) is 217 Å². The predicted molar refractivity (Wildman–Crippen MR) is 485 cm³/mol. The van der Waals surface area contributed by atoms with E-state index in [1.165, 1.54) is 83.1 Å². The van der Waals surface area contributed by atoms with Gasteiger partial charge in [0, 0.05) is 16.7 Å². The maximum atomic E-state index is 10.4. The molecule has 5 aromatic carbocycles. The van der Waals surface area contributed by atoms with Crippen molar-refractivity contribution in [3.63, 3.8) is 0 Å². The highest BCUT2D eigenvalue weighted by Gasteiger charge is 2.30. The zero-order valence-corrected chi connectivity index (χ0v) is 74.5. The Morgan fingerprint density at radius 2 is 0.602 bits per heavy atom. The highest BCUT2D eigenvalue weighted by atomic mass is 16.5. The first-order valence-corrected chi connectivity index (χ1v) is 42.7. The summed E-state index contributed by atoms with van der Waals surface area (Å²) >= 11 is 0. The van der Waals surface area contributed by atoms with Gasteiger partial charge in [-0.3, -0.25) is 0 Å². The third-order valence-corrected chi connectivity index (χ3v) is 20.4. The molecule has 2 aliphatic heterocycles. The molecule has 0 fully saturated rings. The van der Waals surface area contributed by atoms with Crippen molar-refractivity contribution in [2.75, 3.05) is 14.2 Å². The number of hydrogen-bond acceptors (Lipinski definition) is 10. The first-order valence-electron chi connectivity index (χ1n) is 42.7. The van der Waals surface area contributed by atoms with Gasteiger partial charge in [-0.15, -0.1) is 0 Å². The molecule has 5 aromatic rings. The Hall–Kier alpha value is -8.50. The van der Waals surface area contributed by atoms with Crippen LogP contribution in [0.3, 0.4) is 0 Å². The van der Waals surface area contributed by atoms with Crippen LogP contribution in [0.2, 0.25) is 0 Å². The molecule has 6 N–H and O–H groups in total. The summed E-state index contributed by atoms with van der Waals surface area (Å²) in [5.41, 5.74) is 19.7. The van der Waals surface area contributed by atoms with Crippen LogP contribution < -0.4 is 18.9 Å². The molecule has 2 heterocycles. The molecule has 7 rings (SSSR count). The van der Waals surface area contributed by atoms with Crippen molar-refractivity contribution >= 4 is 12.2 Å². The number of ether oxygens (including phenoxy) is 4. The normalized spacial score (nSPS) is 14.6. The van der Waals surface area contributed by atoms with Crippen LogP contribution in [0.15, 0.2) is 166 Å². The lowest BCUT2D eigenvalue weighted by molar-refractivity contribution is 0.127. The van der Waals surface area contributed by atoms with E-state index >= 15 is 0 Å². The Labute approximate surface area is 687 Å². The van der Waals surface area contributed by atoms with Crippen LogP contribution in [0.4, 0.5) is 0 Å². The van der Waals surface area contributed by atoms with Crippen LogP contribution in [-0.2, 0) is 51.4 Å². The minimum absolute atomic E-state index is 0.213. The third kappa shape index (κ3) is 38.9. The fourth-order valence-electron chi connectivity index (χ4n) is 13.5. The van der Waals surface area contributed by atoms with E-state index in [0.29, 0.717) is 47.8 Å². The van der Waals surface area contributed by atoms with Crippen molar-refractivity contribution in [1.82, 2.24) is 0 Å². The summed E-state index contributed by atoms with van der Waals surface area (Å²) in [5, 5.41) is 61.5. The minimum atomic E-state index is -0.298. The van der Waals surface area contributed by atoms with Gasteiger partial charge in [0.05, 0.1) is 25.3 Å². The number of allylic oxidation sites excluding steroid dienone is 16. The van der Waals surface area contributed by atoms with E-state index in [0.717, 1.165) is 201 Å². The number of benzene rings is 5. The summed E-state index contributed by atoms with van der Waals surface area (Å²) in [5.74, 6) is 4.99. The number of aromatic hydroxyl groups is 6. The molecule has 0 saturated carbocycles. The molecule has 0 aromatic heterocycles.